The van der Waals surface area contributed by atoms with E-state index in [-0.39, 0.29) is 5.41 Å². The zero-order valence-corrected chi connectivity index (χ0v) is 74.4. The summed E-state index contributed by atoms with van der Waals surface area (Å²) >= 11 is 1.85. The van der Waals surface area contributed by atoms with Gasteiger partial charge in [0.25, 0.3) is 0 Å². The number of aromatic nitrogens is 12. The Bertz CT molecular complexity index is 10700. The van der Waals surface area contributed by atoms with Crippen molar-refractivity contribution in [1.82, 2.24) is 58.6 Å². The second kappa shape index (κ2) is 26.5. The van der Waals surface area contributed by atoms with E-state index >= 15 is 0 Å². The van der Waals surface area contributed by atoms with Crippen molar-refractivity contribution in [3.8, 4) is 86.2 Å². The Morgan fingerprint density at radius 3 is 0.705 bits per heavy atom. The molecule has 644 valence electrons. The van der Waals surface area contributed by atoms with Gasteiger partial charge >= 0.3 is 0 Å². The maximum absolute atomic E-state index is 6.67. The third-order valence-corrected chi connectivity index (χ3v) is 30.7. The van der Waals surface area contributed by atoms with E-state index in [0.717, 1.165) is 203 Å². The summed E-state index contributed by atoms with van der Waals surface area (Å²) in [6, 6.07) is 116. The Labute approximate surface area is 786 Å². The van der Waals surface area contributed by atoms with Gasteiger partial charge < -0.3 is 26.5 Å². The molecule has 0 unspecified atom stereocenters. The van der Waals surface area contributed by atoms with Crippen LogP contribution < -0.4 is 0 Å². The van der Waals surface area contributed by atoms with Gasteiger partial charge in [-0.2, -0.15) is 29.9 Å². The first-order valence-corrected chi connectivity index (χ1v) is 47.3. The summed E-state index contributed by atoms with van der Waals surface area (Å²) in [5.74, 6) is 5.44. The van der Waals surface area contributed by atoms with Crippen LogP contribution in [0.5, 0.6) is 0 Å². The van der Waals surface area contributed by atoms with Crippen LogP contribution in [0.3, 0.4) is 0 Å². The van der Waals surface area contributed by atoms with Crippen LogP contribution in [0.2, 0.25) is 0 Å². The summed E-state index contributed by atoms with van der Waals surface area (Å²) in [5.41, 5.74) is 24.5. The van der Waals surface area contributed by atoms with Gasteiger partial charge in [0.1, 0.15) is 67.0 Å². The fraction of sp³-hybridized carbons (Fsp3) is 0.0250. The summed E-state index contributed by atoms with van der Waals surface area (Å²) in [5, 5.41) is 27.6. The molecule has 0 saturated heterocycles. The predicted molar refractivity (Wildman–Crippen MR) is 557 cm³/mol. The molecule has 0 N–H and O–H groups in total. The second-order valence-electron chi connectivity index (χ2n) is 37.1. The lowest BCUT2D eigenvalue weighted by Crippen LogP contribution is -2.15. The van der Waals surface area contributed by atoms with Crippen LogP contribution in [0.4, 0.5) is 0 Å². The van der Waals surface area contributed by atoms with Gasteiger partial charge in [-0.05, 0) is 154 Å². The van der Waals surface area contributed by atoms with E-state index in [2.05, 4.69) is 161 Å². The van der Waals surface area contributed by atoms with E-state index in [1.54, 1.807) is 0 Å². The largest absolute Gasteiger partial charge is 0.456 e. The fourth-order valence-corrected chi connectivity index (χ4v) is 25.0. The fourth-order valence-electron chi connectivity index (χ4n) is 23.8. The van der Waals surface area contributed by atoms with Crippen LogP contribution in [0.25, 0.3) is 325 Å². The average molecular weight is 1800 g/mol. The minimum atomic E-state index is -0.164. The van der Waals surface area contributed by atoms with Crippen LogP contribution in [0.1, 0.15) is 25.0 Å². The van der Waals surface area contributed by atoms with Crippen LogP contribution in [0, 0.1) is 0 Å². The molecule has 35 rings (SSSR count). The van der Waals surface area contributed by atoms with Crippen molar-refractivity contribution in [3.05, 3.63) is 351 Å². The molecule has 0 fully saturated rings. The highest BCUT2D eigenvalue weighted by Crippen LogP contribution is 2.60. The van der Waals surface area contributed by atoms with E-state index in [4.69, 9.17) is 71.4 Å². The van der Waals surface area contributed by atoms with Gasteiger partial charge in [0.05, 0.1) is 33.1 Å². The van der Waals surface area contributed by atoms with Crippen LogP contribution in [-0.4, -0.2) is 58.6 Å². The lowest BCUT2D eigenvalue weighted by Gasteiger charge is -2.21. The van der Waals surface area contributed by atoms with E-state index in [1.807, 2.05) is 218 Å². The Balaban J connectivity index is 0.0000000929. The van der Waals surface area contributed by atoms with Crippen molar-refractivity contribution in [2.75, 3.05) is 0 Å². The zero-order chi connectivity index (χ0) is 90.4. The molecule has 0 atom stereocenters. The standard InChI is InChI=1S/C42H24N4O2.C39H18N4O3.C39H20N4OS/c1-42(2)23-13-17-27-35-31(23)32-24(42)14-18-28-36(32)38-30(48-28)20-16-26-34(38)33-25(15-19-29(47-27)37(33)35)46(26)41-44-39(21-9-5-3-6-10-21)43-40(45-41)22-11-7-4-8-12-22;1-3-7-19(8-4-1)37-40-38(20-9-5-2-6-10-20)42-39(41-37)43-21-11-13-23-31-29(21)30-22(43)12-14-24-32(30)34-26(45-24)16-18-28-36(34)35-27(46-28)17-15-25(44-23)33(31)35;1-3-9-21(10-4-1)37-40-38(22-11-5-2-6-12-22)42-39(41-37)43-25-15-7-13-23-24-14-8-16-29-32(24)36-30(45-29)20-19-28-35(36)34-27(44-28)18-17-26(43)33(34)31(23)25/h3-20H,1-2H3;1-18H;1-20H. The molecule has 1 aliphatic carbocycles. The number of fused-ring (bicyclic) bond motifs is 1. The summed E-state index contributed by atoms with van der Waals surface area (Å²) in [7, 11) is 0. The highest BCUT2D eigenvalue weighted by atomic mass is 32.1. The minimum absolute atomic E-state index is 0.164. The SMILES string of the molecule is CC1(C)c2ccc3oc4ccc5c6c4c3c2c2c1ccc1oc3ccc(c6c3c12)n5-c1nc(-c2ccccc2)nc(-c2ccccc2)n1.c1ccc(-c2nc(-c3ccccc3)nc(-n3c4ccc5oc6ccc7oc8ccc9oc%10ccc3c3c%10c9c8c7c6c5c34)n2)cc1.c1ccc(-c2nc(-c3ccccc3)nc(-n3c4cccc5c6cccc7sc8ccc9oc%10ccc3c(c%10c9c8c76)c54)n2)cc1. The Hall–Kier alpha value is -18.6. The lowest BCUT2D eigenvalue weighted by atomic mass is 9.81. The number of hydrogen-bond donors (Lipinski definition) is 0. The minimum Gasteiger partial charge on any atom is -0.456 e. The summed E-state index contributed by atoms with van der Waals surface area (Å²) < 4.78 is 48.6. The van der Waals surface area contributed by atoms with E-state index < -0.39 is 0 Å². The number of benzene rings is 18. The molecule has 13 aromatic heterocycles. The molecule has 0 amide bonds. The number of thiophene rings is 1. The molecule has 21 aromatic carbocycles. The molecule has 0 saturated carbocycles. The number of hydrogen-bond acceptors (Lipinski definition) is 16. The third-order valence-electron chi connectivity index (χ3n) is 29.5. The monoisotopic (exact) mass is 1800 g/mol. The van der Waals surface area contributed by atoms with Crippen LogP contribution >= 0.6 is 11.3 Å². The molecule has 1 aliphatic rings. The first-order valence-electron chi connectivity index (χ1n) is 46.5. The quantitative estimate of drug-likeness (QED) is 0.132. The molecule has 34 aromatic rings. The van der Waals surface area contributed by atoms with Crippen molar-refractivity contribution < 1.29 is 26.5 Å². The van der Waals surface area contributed by atoms with Gasteiger partial charge in [0.15, 0.2) is 34.9 Å². The van der Waals surface area contributed by atoms with Crippen molar-refractivity contribution in [2.45, 2.75) is 19.3 Å². The summed E-state index contributed by atoms with van der Waals surface area (Å²) in [4.78, 5) is 45.8. The number of nitrogens with zero attached hydrogens (tertiary/aromatic N) is 12. The lowest BCUT2D eigenvalue weighted by molar-refractivity contribution is 0.656. The van der Waals surface area contributed by atoms with Gasteiger partial charge in [-0.1, -0.05) is 232 Å². The molecule has 19 heteroatoms. The molecular weight excluding hydrogens is 1740 g/mol. The Kier molecular flexibility index (Phi) is 14.1. The molecular formula is C120H62N12O6S. The van der Waals surface area contributed by atoms with Gasteiger partial charge in [-0.15, -0.1) is 11.3 Å². The van der Waals surface area contributed by atoms with Crippen molar-refractivity contribution >= 4 is 250 Å². The molecule has 18 nitrogen and oxygen atoms in total. The van der Waals surface area contributed by atoms with Crippen LogP contribution in [0.15, 0.2) is 366 Å². The second-order valence-corrected chi connectivity index (χ2v) is 38.2. The van der Waals surface area contributed by atoms with Gasteiger partial charge in [0.2, 0.25) is 17.8 Å². The average Bonchev–Trinajstić information content (AvgIpc) is 1.49. The molecule has 13 heterocycles. The van der Waals surface area contributed by atoms with Gasteiger partial charge in [-0.25, -0.2) is 15.0 Å². The van der Waals surface area contributed by atoms with Gasteiger partial charge in [-0.3, -0.25) is 13.7 Å². The molecule has 0 spiro atoms. The van der Waals surface area contributed by atoms with Crippen molar-refractivity contribution in [1.29, 1.82) is 0 Å². The number of rotatable bonds is 9. The molecule has 0 radical (unpaired) electrons. The van der Waals surface area contributed by atoms with E-state index in [1.165, 1.54) is 79.8 Å². The topological polar surface area (TPSA) is 210 Å². The first-order chi connectivity index (χ1) is 68.7. The van der Waals surface area contributed by atoms with Crippen LogP contribution in [-0.2, 0) is 5.41 Å². The summed E-state index contributed by atoms with van der Waals surface area (Å²) in [6.45, 7) is 4.67. The molecule has 139 heavy (non-hydrogen) atoms. The third kappa shape index (κ3) is 9.73. The van der Waals surface area contributed by atoms with E-state index in [0.29, 0.717) is 52.8 Å². The maximum Gasteiger partial charge on any atom is 0.238 e. The maximum atomic E-state index is 6.67. The molecule has 0 aliphatic heterocycles. The highest BCUT2D eigenvalue weighted by molar-refractivity contribution is 7.26. The van der Waals surface area contributed by atoms with E-state index in [9.17, 15) is 0 Å². The Morgan fingerprint density at radius 2 is 0.403 bits per heavy atom. The molecule has 0 bridgehead atoms. The zero-order valence-electron chi connectivity index (χ0n) is 73.6. The number of furan rings is 6. The van der Waals surface area contributed by atoms with Gasteiger partial charge in [0, 0.05) is 156 Å². The van der Waals surface area contributed by atoms with Crippen molar-refractivity contribution in [3.63, 3.8) is 0 Å². The summed E-state index contributed by atoms with van der Waals surface area (Å²) in [6.07, 6.45) is 0. The first kappa shape index (κ1) is 73.9. The van der Waals surface area contributed by atoms with Crippen molar-refractivity contribution in [2.24, 2.45) is 0 Å². The predicted octanol–water partition coefficient (Wildman–Crippen LogP) is 31.7. The highest BCUT2D eigenvalue weighted by Gasteiger charge is 2.40. The normalized spacial score (nSPS) is 13.2. The Morgan fingerprint density at radius 1 is 0.180 bits per heavy atom. The smallest absolute Gasteiger partial charge is 0.238 e.